The molecule has 10 heteroatoms. The molecule has 2 aromatic rings. The Morgan fingerprint density at radius 1 is 1.03 bits per heavy atom. The van der Waals surface area contributed by atoms with Gasteiger partial charge in [0, 0.05) is 18.5 Å². The predicted molar refractivity (Wildman–Crippen MR) is 136 cm³/mol. The summed E-state index contributed by atoms with van der Waals surface area (Å²) in [7, 11) is 1.51. The average Bonchev–Trinajstić information content (AvgIpc) is 2.88. The Morgan fingerprint density at radius 2 is 1.68 bits per heavy atom. The Labute approximate surface area is 215 Å². The molecule has 0 heterocycles. The summed E-state index contributed by atoms with van der Waals surface area (Å²) in [5.74, 6) is -0.594. The van der Waals surface area contributed by atoms with Gasteiger partial charge >= 0.3 is 12.1 Å². The molecule has 198 valence electrons. The highest BCUT2D eigenvalue weighted by Gasteiger charge is 2.30. The number of nitrogens with one attached hydrogen (secondary N) is 2. The summed E-state index contributed by atoms with van der Waals surface area (Å²) in [6, 6.07) is 12.5. The fourth-order valence-electron chi connectivity index (χ4n) is 4.22. The van der Waals surface area contributed by atoms with Gasteiger partial charge in [-0.3, -0.25) is 15.0 Å². The number of carbonyl (C=O) groups is 3. The molecule has 0 aliphatic heterocycles. The normalized spacial score (nSPS) is 17.7. The first-order valence-electron chi connectivity index (χ1n) is 12.2. The minimum absolute atomic E-state index is 0.0103. The van der Waals surface area contributed by atoms with Crippen molar-refractivity contribution < 1.29 is 33.3 Å². The molecule has 1 saturated carbocycles. The number of hydrogen-bond acceptors (Lipinski definition) is 8. The maximum Gasteiger partial charge on any atom is 0.511 e. The summed E-state index contributed by atoms with van der Waals surface area (Å²) in [5.41, 5.74) is 8.26. The molecule has 1 aliphatic rings. The molecule has 1 aliphatic carbocycles. The van der Waals surface area contributed by atoms with Gasteiger partial charge in [-0.25, -0.2) is 4.79 Å². The lowest BCUT2D eigenvalue weighted by Crippen LogP contribution is -2.39. The maximum atomic E-state index is 13.1. The van der Waals surface area contributed by atoms with Crippen LogP contribution in [-0.2, 0) is 19.0 Å². The van der Waals surface area contributed by atoms with Gasteiger partial charge in [0.05, 0.1) is 25.2 Å². The molecule has 1 fully saturated rings. The molecule has 0 spiro atoms. The molecule has 10 nitrogen and oxygen atoms in total. The monoisotopic (exact) mass is 511 g/mol. The lowest BCUT2D eigenvalue weighted by Gasteiger charge is -2.28. The van der Waals surface area contributed by atoms with E-state index in [1.807, 2.05) is 18.2 Å². The van der Waals surface area contributed by atoms with Gasteiger partial charge in [-0.2, -0.15) is 0 Å². The summed E-state index contributed by atoms with van der Waals surface area (Å²) in [4.78, 5) is 36.9. The van der Waals surface area contributed by atoms with Crippen molar-refractivity contribution in [1.29, 1.82) is 5.41 Å². The Kier molecular flexibility index (Phi) is 9.48. The van der Waals surface area contributed by atoms with Crippen molar-refractivity contribution in [2.75, 3.05) is 13.7 Å². The van der Waals surface area contributed by atoms with Crippen LogP contribution in [0.1, 0.15) is 55.5 Å². The number of carbonyl (C=O) groups excluding carboxylic acids is 3. The summed E-state index contributed by atoms with van der Waals surface area (Å²) in [6.45, 7) is 3.27. The molecule has 4 N–H and O–H groups in total. The van der Waals surface area contributed by atoms with Crippen LogP contribution >= 0.6 is 0 Å². The number of rotatable bonds is 9. The first-order valence-corrected chi connectivity index (χ1v) is 12.2. The van der Waals surface area contributed by atoms with Crippen LogP contribution in [0, 0.1) is 11.3 Å². The van der Waals surface area contributed by atoms with Crippen LogP contribution in [0.2, 0.25) is 0 Å². The number of ether oxygens (including phenoxy) is 4. The zero-order valence-electron chi connectivity index (χ0n) is 21.2. The van der Waals surface area contributed by atoms with Crippen LogP contribution in [0.15, 0.2) is 42.5 Å². The molecule has 37 heavy (non-hydrogen) atoms. The van der Waals surface area contributed by atoms with Crippen LogP contribution in [0.25, 0.3) is 11.1 Å². The van der Waals surface area contributed by atoms with Gasteiger partial charge in [-0.05, 0) is 55.9 Å². The number of nitrogen functional groups attached to an aromatic ring is 1. The van der Waals surface area contributed by atoms with Crippen LogP contribution in [0.4, 0.5) is 4.79 Å². The fourth-order valence-corrected chi connectivity index (χ4v) is 4.22. The van der Waals surface area contributed by atoms with Crippen molar-refractivity contribution in [3.8, 4) is 16.9 Å². The highest BCUT2D eigenvalue weighted by atomic mass is 16.8. The van der Waals surface area contributed by atoms with Crippen LogP contribution in [0.3, 0.4) is 0 Å². The standard InChI is InChI=1S/C27H33N3O7/c1-4-35-27(33)37-16(2)36-26(32)19-9-12-21(13-10-19)30-25(31)22-15-20(11-14-23(22)34-3)17-5-7-18(8-6-17)24(28)29/h5-8,11,14-16,19,21H,4,9-10,12-13H2,1-3H3,(H3,28,29)(H,30,31)/t16?,19-,21-. The molecule has 0 bridgehead atoms. The average molecular weight is 512 g/mol. The summed E-state index contributed by atoms with van der Waals surface area (Å²) < 4.78 is 20.2. The Hall–Kier alpha value is -4.08. The quantitative estimate of drug-likeness (QED) is 0.198. The van der Waals surface area contributed by atoms with E-state index in [0.717, 1.165) is 11.1 Å². The number of methoxy groups -OCH3 is 1. The largest absolute Gasteiger partial charge is 0.511 e. The molecule has 0 saturated heterocycles. The van der Waals surface area contributed by atoms with Crippen molar-refractivity contribution in [2.45, 2.75) is 51.9 Å². The first kappa shape index (κ1) is 27.5. The summed E-state index contributed by atoms with van der Waals surface area (Å²) >= 11 is 0. The third-order valence-electron chi connectivity index (χ3n) is 6.18. The fraction of sp³-hybridized carbons (Fsp3) is 0.407. The Bertz CT molecular complexity index is 1130. The van der Waals surface area contributed by atoms with E-state index in [-0.39, 0.29) is 30.3 Å². The van der Waals surface area contributed by atoms with Crippen LogP contribution in [0.5, 0.6) is 5.75 Å². The number of esters is 1. The third-order valence-corrected chi connectivity index (χ3v) is 6.18. The highest BCUT2D eigenvalue weighted by molar-refractivity contribution is 5.99. The SMILES string of the molecule is CCOC(=O)OC(C)OC(=O)[C@H]1CC[C@H](NC(=O)c2cc(-c3ccc(C(=N)N)cc3)ccc2OC)CC1. The zero-order chi connectivity index (χ0) is 26.9. The van der Waals surface area contributed by atoms with E-state index in [1.165, 1.54) is 14.0 Å². The van der Waals surface area contributed by atoms with Gasteiger partial charge in [0.25, 0.3) is 5.91 Å². The zero-order valence-corrected chi connectivity index (χ0v) is 21.2. The number of hydrogen-bond donors (Lipinski definition) is 3. The molecule has 3 rings (SSSR count). The van der Waals surface area contributed by atoms with E-state index in [0.29, 0.717) is 42.6 Å². The smallest absolute Gasteiger partial charge is 0.496 e. The number of benzene rings is 2. The van der Waals surface area contributed by atoms with Gasteiger partial charge < -0.3 is 30.0 Å². The van der Waals surface area contributed by atoms with Crippen molar-refractivity contribution >= 4 is 23.9 Å². The highest BCUT2D eigenvalue weighted by Crippen LogP contribution is 2.29. The molecule has 1 unspecified atom stereocenters. The number of amidine groups is 1. The lowest BCUT2D eigenvalue weighted by atomic mass is 9.86. The molecular weight excluding hydrogens is 478 g/mol. The number of nitrogens with two attached hydrogens (primary N) is 1. The molecule has 1 amide bonds. The van der Waals surface area contributed by atoms with Crippen LogP contribution in [-0.4, -0.2) is 49.9 Å². The minimum atomic E-state index is -1.04. The van der Waals surface area contributed by atoms with Crippen molar-refractivity contribution in [3.05, 3.63) is 53.6 Å². The maximum absolute atomic E-state index is 13.1. The molecule has 0 radical (unpaired) electrons. The van der Waals surface area contributed by atoms with E-state index in [4.69, 9.17) is 25.4 Å². The number of amides is 1. The van der Waals surface area contributed by atoms with Crippen molar-refractivity contribution in [3.63, 3.8) is 0 Å². The molecule has 1 atom stereocenters. The van der Waals surface area contributed by atoms with E-state index < -0.39 is 18.4 Å². The van der Waals surface area contributed by atoms with Gasteiger partial charge in [0.2, 0.25) is 6.29 Å². The van der Waals surface area contributed by atoms with E-state index in [2.05, 4.69) is 10.1 Å². The Morgan fingerprint density at radius 3 is 2.27 bits per heavy atom. The summed E-state index contributed by atoms with van der Waals surface area (Å²) in [6.07, 6.45) is 0.356. The van der Waals surface area contributed by atoms with Crippen LogP contribution < -0.4 is 15.8 Å². The second-order valence-corrected chi connectivity index (χ2v) is 8.73. The second-order valence-electron chi connectivity index (χ2n) is 8.73. The Balaban J connectivity index is 1.58. The van der Waals surface area contributed by atoms with E-state index >= 15 is 0 Å². The van der Waals surface area contributed by atoms with Gasteiger partial charge in [-0.15, -0.1) is 0 Å². The predicted octanol–water partition coefficient (Wildman–Crippen LogP) is 4.00. The topological polar surface area (TPSA) is 150 Å². The molecule has 0 aromatic heterocycles. The molecular formula is C27H33N3O7. The first-order chi connectivity index (χ1) is 17.7. The van der Waals surface area contributed by atoms with Gasteiger partial charge in [0.1, 0.15) is 11.6 Å². The van der Waals surface area contributed by atoms with E-state index in [9.17, 15) is 14.4 Å². The summed E-state index contributed by atoms with van der Waals surface area (Å²) in [5, 5.41) is 10.6. The van der Waals surface area contributed by atoms with Gasteiger partial charge in [0.15, 0.2) is 0 Å². The lowest BCUT2D eigenvalue weighted by molar-refractivity contribution is -0.173. The molecule has 2 aromatic carbocycles. The van der Waals surface area contributed by atoms with Crippen molar-refractivity contribution in [1.82, 2.24) is 5.32 Å². The third kappa shape index (κ3) is 7.45. The van der Waals surface area contributed by atoms with E-state index in [1.54, 1.807) is 31.2 Å². The van der Waals surface area contributed by atoms with Crippen molar-refractivity contribution in [2.24, 2.45) is 11.7 Å². The minimum Gasteiger partial charge on any atom is -0.496 e. The van der Waals surface area contributed by atoms with Gasteiger partial charge in [-0.1, -0.05) is 30.3 Å². The second kappa shape index (κ2) is 12.8.